The summed E-state index contributed by atoms with van der Waals surface area (Å²) in [5.41, 5.74) is 9.11. The van der Waals surface area contributed by atoms with Crippen molar-refractivity contribution in [2.24, 2.45) is 0 Å². The Labute approximate surface area is 103 Å². The van der Waals surface area contributed by atoms with E-state index in [1.807, 2.05) is 23.9 Å². The van der Waals surface area contributed by atoms with Gasteiger partial charge in [0.25, 0.3) is 0 Å². The van der Waals surface area contributed by atoms with Crippen molar-refractivity contribution in [1.82, 2.24) is 0 Å². The molecule has 0 saturated heterocycles. The average Bonchev–Trinajstić information content (AvgIpc) is 2.24. The number of benzene rings is 1. The van der Waals surface area contributed by atoms with Crippen LogP contribution in [-0.4, -0.2) is 17.5 Å². The molecule has 16 heavy (non-hydrogen) atoms. The molecule has 0 bridgehead atoms. The second-order valence-electron chi connectivity index (χ2n) is 4.07. The summed E-state index contributed by atoms with van der Waals surface area (Å²) in [6, 6.07) is 6.50. The van der Waals surface area contributed by atoms with E-state index in [1.54, 1.807) is 0 Å². The largest absolute Gasteiger partial charge is 0.397 e. The molecule has 0 saturated carbocycles. The number of thioether (sulfide) groups is 1. The Balaban J connectivity index is 2.52. The molecule has 2 nitrogen and oxygen atoms in total. The smallest absolute Gasteiger partial charge is 0.0605 e. The highest BCUT2D eigenvalue weighted by molar-refractivity contribution is 7.99. The van der Waals surface area contributed by atoms with Crippen molar-refractivity contribution in [3.63, 3.8) is 0 Å². The van der Waals surface area contributed by atoms with E-state index in [0.29, 0.717) is 6.04 Å². The molecule has 3 N–H and O–H groups in total. The average molecular weight is 238 g/mol. The fourth-order valence-electron chi connectivity index (χ4n) is 1.61. The molecule has 0 aliphatic rings. The number of hydrogen-bond donors (Lipinski definition) is 2. The van der Waals surface area contributed by atoms with Gasteiger partial charge in [0.05, 0.1) is 11.4 Å². The third-order valence-corrected chi connectivity index (χ3v) is 3.53. The van der Waals surface area contributed by atoms with Crippen LogP contribution in [0.15, 0.2) is 18.2 Å². The van der Waals surface area contributed by atoms with Crippen LogP contribution in [0.5, 0.6) is 0 Å². The van der Waals surface area contributed by atoms with Crippen molar-refractivity contribution in [1.29, 1.82) is 0 Å². The molecule has 0 aliphatic heterocycles. The SMILES string of the molecule is CCSCCC(C)Nc1c(C)cccc1N. The highest BCUT2D eigenvalue weighted by Gasteiger charge is 2.06. The van der Waals surface area contributed by atoms with Crippen molar-refractivity contribution < 1.29 is 0 Å². The van der Waals surface area contributed by atoms with Gasteiger partial charge in [-0.2, -0.15) is 11.8 Å². The van der Waals surface area contributed by atoms with E-state index in [9.17, 15) is 0 Å². The normalized spacial score (nSPS) is 12.4. The topological polar surface area (TPSA) is 38.0 Å². The van der Waals surface area contributed by atoms with Gasteiger partial charge in [-0.05, 0) is 43.4 Å². The van der Waals surface area contributed by atoms with Gasteiger partial charge in [-0.1, -0.05) is 19.1 Å². The van der Waals surface area contributed by atoms with Gasteiger partial charge >= 0.3 is 0 Å². The van der Waals surface area contributed by atoms with E-state index in [-0.39, 0.29) is 0 Å². The molecule has 3 heteroatoms. The second-order valence-corrected chi connectivity index (χ2v) is 5.46. The van der Waals surface area contributed by atoms with Crippen LogP contribution in [0.2, 0.25) is 0 Å². The molecule has 1 atom stereocenters. The second kappa shape index (κ2) is 6.69. The van der Waals surface area contributed by atoms with Crippen LogP contribution in [0.25, 0.3) is 0 Å². The molecule has 1 aromatic rings. The summed E-state index contributed by atoms with van der Waals surface area (Å²) in [6.07, 6.45) is 1.17. The number of nitrogens with two attached hydrogens (primary N) is 1. The van der Waals surface area contributed by atoms with Crippen LogP contribution in [0.4, 0.5) is 11.4 Å². The molecule has 1 rings (SSSR count). The Kier molecular flexibility index (Phi) is 5.53. The number of anilines is 2. The van der Waals surface area contributed by atoms with Gasteiger partial charge in [-0.3, -0.25) is 0 Å². The van der Waals surface area contributed by atoms with Crippen LogP contribution in [0.3, 0.4) is 0 Å². The standard InChI is InChI=1S/C13H22N2S/c1-4-16-9-8-11(3)15-13-10(2)6-5-7-12(13)14/h5-7,11,15H,4,8-9,14H2,1-3H3. The van der Waals surface area contributed by atoms with E-state index in [1.165, 1.54) is 23.5 Å². The van der Waals surface area contributed by atoms with Crippen LogP contribution in [-0.2, 0) is 0 Å². The van der Waals surface area contributed by atoms with Crippen molar-refractivity contribution >= 4 is 23.1 Å². The Morgan fingerprint density at radius 2 is 2.19 bits per heavy atom. The van der Waals surface area contributed by atoms with Crippen LogP contribution in [0.1, 0.15) is 25.8 Å². The predicted octanol–water partition coefficient (Wildman–Crippen LogP) is 3.52. The summed E-state index contributed by atoms with van der Waals surface area (Å²) in [5.74, 6) is 2.40. The number of rotatable bonds is 6. The quantitative estimate of drug-likeness (QED) is 0.588. The van der Waals surface area contributed by atoms with Crippen molar-refractivity contribution in [3.8, 4) is 0 Å². The van der Waals surface area contributed by atoms with Gasteiger partial charge in [0, 0.05) is 6.04 Å². The van der Waals surface area contributed by atoms with Crippen LogP contribution in [0, 0.1) is 6.92 Å². The van der Waals surface area contributed by atoms with Crippen LogP contribution < -0.4 is 11.1 Å². The molecule has 0 radical (unpaired) electrons. The molecule has 1 unspecified atom stereocenters. The number of nitrogen functional groups attached to an aromatic ring is 1. The minimum atomic E-state index is 0.474. The highest BCUT2D eigenvalue weighted by atomic mass is 32.2. The van der Waals surface area contributed by atoms with E-state index in [2.05, 4.69) is 32.2 Å². The number of aryl methyl sites for hydroxylation is 1. The summed E-state index contributed by atoms with van der Waals surface area (Å²) in [6.45, 7) is 6.50. The minimum absolute atomic E-state index is 0.474. The maximum absolute atomic E-state index is 5.96. The van der Waals surface area contributed by atoms with Crippen molar-refractivity contribution in [3.05, 3.63) is 23.8 Å². The summed E-state index contributed by atoms with van der Waals surface area (Å²) in [7, 11) is 0. The molecular weight excluding hydrogens is 216 g/mol. The van der Waals surface area contributed by atoms with Crippen molar-refractivity contribution in [2.75, 3.05) is 22.6 Å². The first-order chi connectivity index (χ1) is 7.65. The zero-order valence-electron chi connectivity index (χ0n) is 10.4. The first kappa shape index (κ1) is 13.2. The van der Waals surface area contributed by atoms with Gasteiger partial charge < -0.3 is 11.1 Å². The predicted molar refractivity (Wildman–Crippen MR) is 76.3 cm³/mol. The Morgan fingerprint density at radius 3 is 2.81 bits per heavy atom. The zero-order chi connectivity index (χ0) is 12.0. The molecule has 0 aromatic heterocycles. The monoisotopic (exact) mass is 238 g/mol. The number of para-hydroxylation sites is 1. The highest BCUT2D eigenvalue weighted by Crippen LogP contribution is 2.23. The van der Waals surface area contributed by atoms with E-state index < -0.39 is 0 Å². The Bertz CT molecular complexity index is 305. The lowest BCUT2D eigenvalue weighted by atomic mass is 10.1. The first-order valence-corrected chi connectivity index (χ1v) is 7.00. The zero-order valence-corrected chi connectivity index (χ0v) is 11.2. The molecule has 0 heterocycles. The summed E-state index contributed by atoms with van der Waals surface area (Å²) in [4.78, 5) is 0. The van der Waals surface area contributed by atoms with Gasteiger partial charge in [0.15, 0.2) is 0 Å². The third-order valence-electron chi connectivity index (χ3n) is 2.60. The fraction of sp³-hybridized carbons (Fsp3) is 0.538. The molecule has 0 fully saturated rings. The summed E-state index contributed by atoms with van der Waals surface area (Å²) in [5, 5.41) is 3.50. The van der Waals surface area contributed by atoms with Crippen molar-refractivity contribution in [2.45, 2.75) is 33.2 Å². The summed E-state index contributed by atoms with van der Waals surface area (Å²) >= 11 is 1.98. The third kappa shape index (κ3) is 3.97. The summed E-state index contributed by atoms with van der Waals surface area (Å²) < 4.78 is 0. The van der Waals surface area contributed by atoms with Crippen LogP contribution >= 0.6 is 11.8 Å². The molecule has 0 aliphatic carbocycles. The van der Waals surface area contributed by atoms with Gasteiger partial charge in [-0.25, -0.2) is 0 Å². The van der Waals surface area contributed by atoms with Gasteiger partial charge in [-0.15, -0.1) is 0 Å². The molecule has 90 valence electrons. The maximum atomic E-state index is 5.96. The van der Waals surface area contributed by atoms with E-state index in [0.717, 1.165) is 11.4 Å². The Morgan fingerprint density at radius 1 is 1.44 bits per heavy atom. The van der Waals surface area contributed by atoms with Gasteiger partial charge in [0.2, 0.25) is 0 Å². The molecule has 0 amide bonds. The van der Waals surface area contributed by atoms with E-state index in [4.69, 9.17) is 5.73 Å². The lowest BCUT2D eigenvalue weighted by Gasteiger charge is -2.18. The molecule has 1 aromatic carbocycles. The molecular formula is C13H22N2S. The van der Waals surface area contributed by atoms with Gasteiger partial charge in [0.1, 0.15) is 0 Å². The lowest BCUT2D eigenvalue weighted by Crippen LogP contribution is -2.17. The number of hydrogen-bond acceptors (Lipinski definition) is 3. The maximum Gasteiger partial charge on any atom is 0.0605 e. The fourth-order valence-corrected chi connectivity index (χ4v) is 2.42. The minimum Gasteiger partial charge on any atom is -0.397 e. The lowest BCUT2D eigenvalue weighted by molar-refractivity contribution is 0.771. The van der Waals surface area contributed by atoms with E-state index >= 15 is 0 Å². The number of nitrogens with one attached hydrogen (secondary N) is 1. The Hall–Kier alpha value is -0.830. The molecule has 0 spiro atoms. The first-order valence-electron chi connectivity index (χ1n) is 5.84.